The first-order valence-electron chi connectivity index (χ1n) is 5.48. The Balaban J connectivity index is 1.85. The van der Waals surface area contributed by atoms with Crippen LogP contribution in [-0.4, -0.2) is 37.6 Å². The zero-order valence-electron chi connectivity index (χ0n) is 9.14. The van der Waals surface area contributed by atoms with E-state index < -0.39 is 0 Å². The molecule has 0 unspecified atom stereocenters. The molecular formula is C11H22N2. The molecule has 2 aliphatic rings. The number of nitrogens with one attached hydrogen (secondary N) is 1. The molecule has 2 saturated heterocycles. The number of hydrogen-bond donors (Lipinski definition) is 1. The third kappa shape index (κ3) is 2.23. The molecule has 76 valence electrons. The summed E-state index contributed by atoms with van der Waals surface area (Å²) >= 11 is 0. The van der Waals surface area contributed by atoms with Gasteiger partial charge in [-0.2, -0.15) is 0 Å². The molecule has 0 aliphatic carbocycles. The van der Waals surface area contributed by atoms with Gasteiger partial charge in [-0.1, -0.05) is 20.8 Å². The second-order valence-corrected chi connectivity index (χ2v) is 5.93. The van der Waals surface area contributed by atoms with Crippen LogP contribution in [0, 0.1) is 17.3 Å². The molecule has 2 heteroatoms. The van der Waals surface area contributed by atoms with E-state index in [1.54, 1.807) is 0 Å². The number of likely N-dealkylation sites (tertiary alicyclic amines) is 1. The average molecular weight is 182 g/mol. The molecule has 2 fully saturated rings. The summed E-state index contributed by atoms with van der Waals surface area (Å²) in [5.41, 5.74) is 0.464. The summed E-state index contributed by atoms with van der Waals surface area (Å²) in [6.45, 7) is 13.4. The molecule has 2 aliphatic heterocycles. The van der Waals surface area contributed by atoms with E-state index in [9.17, 15) is 0 Å². The maximum atomic E-state index is 3.48. The van der Waals surface area contributed by atoms with Crippen molar-refractivity contribution in [2.75, 3.05) is 32.7 Å². The van der Waals surface area contributed by atoms with Gasteiger partial charge < -0.3 is 10.2 Å². The van der Waals surface area contributed by atoms with E-state index in [1.165, 1.54) is 32.7 Å². The van der Waals surface area contributed by atoms with Gasteiger partial charge in [-0.05, 0) is 30.3 Å². The average Bonchev–Trinajstić information content (AvgIpc) is 2.40. The van der Waals surface area contributed by atoms with Gasteiger partial charge in [0.1, 0.15) is 0 Å². The maximum Gasteiger partial charge on any atom is 0.00303 e. The van der Waals surface area contributed by atoms with Gasteiger partial charge in [-0.15, -0.1) is 0 Å². The van der Waals surface area contributed by atoms with Gasteiger partial charge in [0.25, 0.3) is 0 Å². The fraction of sp³-hybridized carbons (Fsp3) is 1.00. The van der Waals surface area contributed by atoms with Crippen molar-refractivity contribution in [3.8, 4) is 0 Å². The van der Waals surface area contributed by atoms with Gasteiger partial charge in [-0.25, -0.2) is 0 Å². The highest BCUT2D eigenvalue weighted by Crippen LogP contribution is 2.28. The Kier molecular flexibility index (Phi) is 2.37. The summed E-state index contributed by atoms with van der Waals surface area (Å²) in [5, 5.41) is 3.48. The molecule has 13 heavy (non-hydrogen) atoms. The largest absolute Gasteiger partial charge is 0.316 e. The number of fused-ring (bicyclic) bond motifs is 1. The lowest BCUT2D eigenvalue weighted by molar-refractivity contribution is 0.215. The fourth-order valence-corrected chi connectivity index (χ4v) is 2.75. The van der Waals surface area contributed by atoms with E-state index in [4.69, 9.17) is 0 Å². The van der Waals surface area contributed by atoms with Crippen molar-refractivity contribution in [1.82, 2.24) is 10.2 Å². The summed E-state index contributed by atoms with van der Waals surface area (Å²) in [6.07, 6.45) is 0. The van der Waals surface area contributed by atoms with Crippen molar-refractivity contribution in [3.63, 3.8) is 0 Å². The Morgan fingerprint density at radius 2 is 1.69 bits per heavy atom. The quantitative estimate of drug-likeness (QED) is 0.655. The first-order valence-corrected chi connectivity index (χ1v) is 5.48. The number of nitrogens with zero attached hydrogens (tertiary/aromatic N) is 1. The van der Waals surface area contributed by atoms with E-state index in [0.29, 0.717) is 5.41 Å². The van der Waals surface area contributed by atoms with Crippen molar-refractivity contribution >= 4 is 0 Å². The summed E-state index contributed by atoms with van der Waals surface area (Å²) in [5.74, 6) is 1.89. The molecule has 2 nitrogen and oxygen atoms in total. The zero-order valence-corrected chi connectivity index (χ0v) is 9.14. The van der Waals surface area contributed by atoms with Gasteiger partial charge in [0.15, 0.2) is 0 Å². The Morgan fingerprint density at radius 1 is 1.15 bits per heavy atom. The van der Waals surface area contributed by atoms with Crippen LogP contribution in [0.1, 0.15) is 20.8 Å². The highest BCUT2D eigenvalue weighted by atomic mass is 15.2. The first kappa shape index (κ1) is 9.47. The molecule has 2 heterocycles. The molecule has 0 aromatic carbocycles. The van der Waals surface area contributed by atoms with Crippen LogP contribution in [-0.2, 0) is 0 Å². The van der Waals surface area contributed by atoms with Crippen LogP contribution in [0.2, 0.25) is 0 Å². The molecule has 1 N–H and O–H groups in total. The highest BCUT2D eigenvalue weighted by Gasteiger charge is 2.36. The minimum atomic E-state index is 0.464. The topological polar surface area (TPSA) is 15.3 Å². The molecular weight excluding hydrogens is 160 g/mol. The third-order valence-corrected chi connectivity index (χ3v) is 3.16. The van der Waals surface area contributed by atoms with Gasteiger partial charge in [0, 0.05) is 19.6 Å². The molecule has 0 spiro atoms. The van der Waals surface area contributed by atoms with Crippen LogP contribution in [0.4, 0.5) is 0 Å². The Labute approximate surface area is 81.7 Å². The highest BCUT2D eigenvalue weighted by molar-refractivity contribution is 4.92. The predicted octanol–water partition coefficient (Wildman–Crippen LogP) is 1.18. The van der Waals surface area contributed by atoms with E-state index >= 15 is 0 Å². The van der Waals surface area contributed by atoms with Gasteiger partial charge in [-0.3, -0.25) is 0 Å². The second kappa shape index (κ2) is 3.25. The minimum Gasteiger partial charge on any atom is -0.316 e. The van der Waals surface area contributed by atoms with Crippen LogP contribution < -0.4 is 5.32 Å². The second-order valence-electron chi connectivity index (χ2n) is 5.93. The fourth-order valence-electron chi connectivity index (χ4n) is 2.75. The van der Waals surface area contributed by atoms with Crippen molar-refractivity contribution in [3.05, 3.63) is 0 Å². The van der Waals surface area contributed by atoms with E-state index in [0.717, 1.165) is 11.8 Å². The summed E-state index contributed by atoms with van der Waals surface area (Å²) in [4.78, 5) is 2.65. The molecule has 0 amide bonds. The first-order chi connectivity index (χ1) is 6.04. The monoisotopic (exact) mass is 182 g/mol. The van der Waals surface area contributed by atoms with Gasteiger partial charge in [0.2, 0.25) is 0 Å². The Bertz CT molecular complexity index is 171. The predicted molar refractivity (Wildman–Crippen MR) is 55.7 cm³/mol. The lowest BCUT2D eigenvalue weighted by Gasteiger charge is -2.26. The Morgan fingerprint density at radius 3 is 2.15 bits per heavy atom. The van der Waals surface area contributed by atoms with Crippen molar-refractivity contribution in [1.29, 1.82) is 0 Å². The summed E-state index contributed by atoms with van der Waals surface area (Å²) in [7, 11) is 0. The van der Waals surface area contributed by atoms with Crippen molar-refractivity contribution in [2.45, 2.75) is 20.8 Å². The number of hydrogen-bond acceptors (Lipinski definition) is 2. The number of rotatable bonds is 1. The lowest BCUT2D eigenvalue weighted by Crippen LogP contribution is -2.33. The van der Waals surface area contributed by atoms with Crippen molar-refractivity contribution in [2.24, 2.45) is 17.3 Å². The molecule has 0 aromatic heterocycles. The van der Waals surface area contributed by atoms with E-state index in [1.807, 2.05) is 0 Å². The molecule has 0 aromatic rings. The molecule has 0 bridgehead atoms. The standard InChI is InChI=1S/C11H22N2/c1-11(2,3)8-13-6-9-4-12-5-10(9)7-13/h9-10,12H,4-8H2,1-3H3/t9-,10+. The van der Waals surface area contributed by atoms with E-state index in [2.05, 4.69) is 31.0 Å². The molecule has 2 atom stereocenters. The van der Waals surface area contributed by atoms with E-state index in [-0.39, 0.29) is 0 Å². The normalized spacial score (nSPS) is 35.3. The van der Waals surface area contributed by atoms with Crippen LogP contribution in [0.15, 0.2) is 0 Å². The minimum absolute atomic E-state index is 0.464. The third-order valence-electron chi connectivity index (χ3n) is 3.16. The summed E-state index contributed by atoms with van der Waals surface area (Å²) in [6, 6.07) is 0. The van der Waals surface area contributed by atoms with Gasteiger partial charge >= 0.3 is 0 Å². The SMILES string of the molecule is CC(C)(C)CN1C[C@H]2CNC[C@H]2C1. The van der Waals surface area contributed by atoms with Crippen LogP contribution >= 0.6 is 0 Å². The Hall–Kier alpha value is -0.0800. The van der Waals surface area contributed by atoms with Crippen molar-refractivity contribution < 1.29 is 0 Å². The van der Waals surface area contributed by atoms with Crippen LogP contribution in [0.3, 0.4) is 0 Å². The van der Waals surface area contributed by atoms with Crippen LogP contribution in [0.25, 0.3) is 0 Å². The van der Waals surface area contributed by atoms with Crippen LogP contribution in [0.5, 0.6) is 0 Å². The zero-order chi connectivity index (χ0) is 9.47. The maximum absolute atomic E-state index is 3.48. The lowest BCUT2D eigenvalue weighted by atomic mass is 9.96. The summed E-state index contributed by atoms with van der Waals surface area (Å²) < 4.78 is 0. The van der Waals surface area contributed by atoms with Gasteiger partial charge in [0.05, 0.1) is 0 Å². The smallest absolute Gasteiger partial charge is 0.00303 e. The molecule has 0 radical (unpaired) electrons. The molecule has 0 saturated carbocycles. The molecule has 2 rings (SSSR count).